The van der Waals surface area contributed by atoms with Crippen LogP contribution in [0.1, 0.15) is 43.6 Å². The third-order valence-corrected chi connectivity index (χ3v) is 3.90. The molecule has 2 rings (SSSR count). The van der Waals surface area contributed by atoms with Crippen LogP contribution in [0.15, 0.2) is 24.3 Å². The fourth-order valence-corrected chi connectivity index (χ4v) is 3.00. The van der Waals surface area contributed by atoms with Crippen LogP contribution in [0.5, 0.6) is 5.75 Å². The topological polar surface area (TPSA) is 63.4 Å². The monoisotopic (exact) mass is 249 g/mol. The first-order valence-corrected chi connectivity index (χ1v) is 6.58. The van der Waals surface area contributed by atoms with E-state index < -0.39 is 0 Å². The van der Waals surface area contributed by atoms with Gasteiger partial charge in [-0.1, -0.05) is 37.5 Å². The molecule has 1 saturated carbocycles. The number of hydrogen-bond acceptors (Lipinski definition) is 3. The van der Waals surface area contributed by atoms with Crippen molar-refractivity contribution in [3.05, 3.63) is 39.9 Å². The summed E-state index contributed by atoms with van der Waals surface area (Å²) < 4.78 is 0. The van der Waals surface area contributed by atoms with E-state index in [1.54, 1.807) is 12.1 Å². The molecule has 1 aliphatic rings. The van der Waals surface area contributed by atoms with Crippen molar-refractivity contribution in [3.63, 3.8) is 0 Å². The van der Waals surface area contributed by atoms with Crippen LogP contribution < -0.4 is 0 Å². The summed E-state index contributed by atoms with van der Waals surface area (Å²) >= 11 is 0. The molecule has 0 bridgehead atoms. The molecule has 1 aromatic carbocycles. The minimum Gasteiger partial charge on any atom is -0.508 e. The van der Waals surface area contributed by atoms with Crippen molar-refractivity contribution in [2.24, 2.45) is 5.92 Å². The van der Waals surface area contributed by atoms with Gasteiger partial charge < -0.3 is 5.11 Å². The Morgan fingerprint density at radius 1 is 1.28 bits per heavy atom. The smallest absolute Gasteiger partial charge is 0.211 e. The largest absolute Gasteiger partial charge is 0.508 e. The summed E-state index contributed by atoms with van der Waals surface area (Å²) in [6.45, 7) is -0.0811. The number of nitrogens with zero attached hydrogens (tertiary/aromatic N) is 1. The number of benzene rings is 1. The molecular formula is C14H19NO3. The van der Waals surface area contributed by atoms with Crippen LogP contribution in [0.3, 0.4) is 0 Å². The van der Waals surface area contributed by atoms with Crippen LogP contribution >= 0.6 is 0 Å². The highest BCUT2D eigenvalue weighted by atomic mass is 16.6. The molecule has 0 aromatic heterocycles. The van der Waals surface area contributed by atoms with Crippen molar-refractivity contribution in [2.45, 2.75) is 38.0 Å². The molecule has 1 aliphatic carbocycles. The van der Waals surface area contributed by atoms with Crippen LogP contribution in [-0.2, 0) is 0 Å². The highest BCUT2D eigenvalue weighted by Crippen LogP contribution is 2.39. The molecule has 1 fully saturated rings. The molecule has 1 aromatic rings. The first kappa shape index (κ1) is 12.9. The highest BCUT2D eigenvalue weighted by molar-refractivity contribution is 5.35. The van der Waals surface area contributed by atoms with Crippen LogP contribution in [-0.4, -0.2) is 16.6 Å². The van der Waals surface area contributed by atoms with Crippen molar-refractivity contribution in [1.82, 2.24) is 0 Å². The van der Waals surface area contributed by atoms with Crippen LogP contribution in [0.2, 0.25) is 0 Å². The molecule has 1 atom stereocenters. The van der Waals surface area contributed by atoms with E-state index in [0.717, 1.165) is 31.2 Å². The lowest BCUT2D eigenvalue weighted by atomic mass is 9.76. The summed E-state index contributed by atoms with van der Waals surface area (Å²) in [6.07, 6.45) is 5.58. The fraction of sp³-hybridized carbons (Fsp3) is 0.571. The predicted molar refractivity (Wildman–Crippen MR) is 69.3 cm³/mol. The van der Waals surface area contributed by atoms with Gasteiger partial charge in [0.15, 0.2) is 0 Å². The van der Waals surface area contributed by atoms with Gasteiger partial charge in [-0.15, -0.1) is 0 Å². The van der Waals surface area contributed by atoms with E-state index in [9.17, 15) is 15.2 Å². The van der Waals surface area contributed by atoms with Gasteiger partial charge >= 0.3 is 0 Å². The summed E-state index contributed by atoms with van der Waals surface area (Å²) in [5.41, 5.74) is 0.737. The van der Waals surface area contributed by atoms with Gasteiger partial charge in [0.25, 0.3) is 0 Å². The van der Waals surface area contributed by atoms with Gasteiger partial charge in [0.05, 0.1) is 5.92 Å². The molecule has 98 valence electrons. The predicted octanol–water partition coefficient (Wildman–Crippen LogP) is 3.33. The molecule has 0 radical (unpaired) electrons. The Labute approximate surface area is 107 Å². The fourth-order valence-electron chi connectivity index (χ4n) is 3.00. The molecular weight excluding hydrogens is 230 g/mol. The number of phenols is 1. The second-order valence-corrected chi connectivity index (χ2v) is 5.08. The van der Waals surface area contributed by atoms with E-state index in [1.807, 2.05) is 12.1 Å². The standard InChI is InChI=1S/C14H19NO3/c16-14-9-5-4-8-12(14)13(10-15(17)18)11-6-2-1-3-7-11/h4-5,8-9,11,13,16H,1-3,6-7,10H2. The van der Waals surface area contributed by atoms with Gasteiger partial charge in [0.2, 0.25) is 6.54 Å². The molecule has 4 nitrogen and oxygen atoms in total. The SMILES string of the molecule is O=[N+]([O-])CC(c1ccccc1O)C1CCCCC1. The molecule has 18 heavy (non-hydrogen) atoms. The van der Waals surface area contributed by atoms with Gasteiger partial charge in [0.1, 0.15) is 5.75 Å². The molecule has 1 unspecified atom stereocenters. The van der Waals surface area contributed by atoms with Gasteiger partial charge in [-0.3, -0.25) is 10.1 Å². The first-order valence-electron chi connectivity index (χ1n) is 6.58. The van der Waals surface area contributed by atoms with Crippen molar-refractivity contribution in [2.75, 3.05) is 6.54 Å². The van der Waals surface area contributed by atoms with Crippen molar-refractivity contribution in [1.29, 1.82) is 0 Å². The number of phenolic OH excluding ortho intramolecular Hbond substituents is 1. The quantitative estimate of drug-likeness (QED) is 0.657. The Bertz CT molecular complexity index is 413. The van der Waals surface area contributed by atoms with E-state index in [1.165, 1.54) is 6.42 Å². The number of hydrogen-bond donors (Lipinski definition) is 1. The maximum atomic E-state index is 10.9. The van der Waals surface area contributed by atoms with Crippen molar-refractivity contribution >= 4 is 0 Å². The van der Waals surface area contributed by atoms with E-state index >= 15 is 0 Å². The maximum absolute atomic E-state index is 10.9. The van der Waals surface area contributed by atoms with Gasteiger partial charge in [-0.25, -0.2) is 0 Å². The normalized spacial score (nSPS) is 18.4. The summed E-state index contributed by atoms with van der Waals surface area (Å²) in [5, 5.41) is 20.8. The average molecular weight is 249 g/mol. The molecule has 0 aliphatic heterocycles. The maximum Gasteiger partial charge on any atom is 0.211 e. The minimum atomic E-state index is -0.258. The lowest BCUT2D eigenvalue weighted by Gasteiger charge is -2.28. The van der Waals surface area contributed by atoms with Gasteiger partial charge in [-0.2, -0.15) is 0 Å². The molecule has 0 amide bonds. The number of aromatic hydroxyl groups is 1. The van der Waals surface area contributed by atoms with Crippen LogP contribution in [0.4, 0.5) is 0 Å². The molecule has 4 heteroatoms. The second-order valence-electron chi connectivity index (χ2n) is 5.08. The third kappa shape index (κ3) is 3.00. The zero-order chi connectivity index (χ0) is 13.0. The second kappa shape index (κ2) is 5.85. The number of rotatable bonds is 4. The van der Waals surface area contributed by atoms with Gasteiger partial charge in [-0.05, 0) is 24.8 Å². The Balaban J connectivity index is 2.24. The Hall–Kier alpha value is -1.58. The summed E-state index contributed by atoms with van der Waals surface area (Å²) in [5.74, 6) is 0.369. The number of nitro groups is 1. The lowest BCUT2D eigenvalue weighted by molar-refractivity contribution is -0.485. The summed E-state index contributed by atoms with van der Waals surface area (Å²) in [4.78, 5) is 10.6. The Kier molecular flexibility index (Phi) is 4.18. The first-order chi connectivity index (χ1) is 8.68. The van der Waals surface area contributed by atoms with Gasteiger partial charge in [0, 0.05) is 10.5 Å². The van der Waals surface area contributed by atoms with E-state index in [2.05, 4.69) is 0 Å². The summed E-state index contributed by atoms with van der Waals surface area (Å²) in [6, 6.07) is 7.02. The van der Waals surface area contributed by atoms with E-state index in [0.29, 0.717) is 5.92 Å². The Morgan fingerprint density at radius 3 is 2.56 bits per heavy atom. The van der Waals surface area contributed by atoms with E-state index in [4.69, 9.17) is 0 Å². The van der Waals surface area contributed by atoms with Crippen molar-refractivity contribution < 1.29 is 10.0 Å². The minimum absolute atomic E-state index is 0.0811. The molecule has 0 saturated heterocycles. The van der Waals surface area contributed by atoms with E-state index in [-0.39, 0.29) is 23.1 Å². The molecule has 0 heterocycles. The molecule has 0 spiro atoms. The number of para-hydroxylation sites is 1. The zero-order valence-corrected chi connectivity index (χ0v) is 10.4. The lowest BCUT2D eigenvalue weighted by Crippen LogP contribution is -2.23. The highest BCUT2D eigenvalue weighted by Gasteiger charge is 2.30. The van der Waals surface area contributed by atoms with Crippen LogP contribution in [0, 0.1) is 16.0 Å². The zero-order valence-electron chi connectivity index (χ0n) is 10.4. The average Bonchev–Trinajstić information content (AvgIpc) is 2.38. The van der Waals surface area contributed by atoms with Crippen molar-refractivity contribution in [3.8, 4) is 5.75 Å². The Morgan fingerprint density at radius 2 is 1.94 bits per heavy atom. The third-order valence-electron chi connectivity index (χ3n) is 3.90. The molecule has 1 N–H and O–H groups in total. The van der Waals surface area contributed by atoms with Crippen LogP contribution in [0.25, 0.3) is 0 Å². The summed E-state index contributed by atoms with van der Waals surface area (Å²) in [7, 11) is 0.